The zero-order valence-corrected chi connectivity index (χ0v) is 10.1. The first-order valence-electron chi connectivity index (χ1n) is 5.00. The normalized spacial score (nSPS) is 26.7. The van der Waals surface area contributed by atoms with E-state index in [0.29, 0.717) is 5.06 Å². The van der Waals surface area contributed by atoms with Gasteiger partial charge in [-0.05, 0) is 0 Å². The molecule has 0 aliphatic carbocycles. The highest BCUT2D eigenvalue weighted by molar-refractivity contribution is 7.80. The molecule has 0 aromatic rings. The first-order chi connectivity index (χ1) is 8.33. The van der Waals surface area contributed by atoms with Gasteiger partial charge in [0.05, 0.1) is 12.6 Å². The minimum Gasteiger partial charge on any atom is -0.357 e. The van der Waals surface area contributed by atoms with E-state index in [4.69, 9.17) is 4.55 Å². The van der Waals surface area contributed by atoms with E-state index in [0.717, 1.165) is 4.90 Å². The monoisotopic (exact) mass is 277 g/mol. The maximum absolute atomic E-state index is 11.8. The largest absolute Gasteiger partial charge is 0.418 e. The van der Waals surface area contributed by atoms with Gasteiger partial charge in [-0.1, -0.05) is 12.2 Å². The van der Waals surface area contributed by atoms with Gasteiger partial charge in [0.2, 0.25) is 5.91 Å². The van der Waals surface area contributed by atoms with Crippen molar-refractivity contribution in [1.82, 2.24) is 15.3 Å². The summed E-state index contributed by atoms with van der Waals surface area (Å²) in [6.45, 7) is 0.114. The molecule has 0 saturated carbocycles. The molecule has 0 spiro atoms. The molecule has 2 N–H and O–H groups in total. The van der Waals surface area contributed by atoms with E-state index in [2.05, 4.69) is 9.60 Å². The van der Waals surface area contributed by atoms with Gasteiger partial charge >= 0.3 is 16.4 Å². The molecule has 2 aliphatic heterocycles. The van der Waals surface area contributed by atoms with Crippen molar-refractivity contribution >= 4 is 22.3 Å². The predicted octanol–water partition coefficient (Wildman–Crippen LogP) is -1.49. The van der Waals surface area contributed by atoms with Crippen molar-refractivity contribution in [3.63, 3.8) is 0 Å². The lowest BCUT2D eigenvalue weighted by Crippen LogP contribution is -2.47. The van der Waals surface area contributed by atoms with Crippen LogP contribution >= 0.6 is 0 Å². The minimum atomic E-state index is -4.78. The molecular weight excluding hydrogens is 266 g/mol. The molecule has 10 heteroatoms. The number of hydrogen-bond acceptors (Lipinski definition) is 5. The van der Waals surface area contributed by atoms with Gasteiger partial charge < -0.3 is 10.2 Å². The van der Waals surface area contributed by atoms with Gasteiger partial charge in [0.15, 0.2) is 0 Å². The van der Waals surface area contributed by atoms with Crippen molar-refractivity contribution in [2.75, 3.05) is 13.6 Å². The number of likely N-dealkylation sites (N-methyl/N-ethyl adjacent to an activating group) is 1. The third-order valence-electron chi connectivity index (χ3n) is 2.66. The van der Waals surface area contributed by atoms with Gasteiger partial charge in [-0.15, -0.1) is 4.28 Å². The molecule has 2 aliphatic rings. The summed E-state index contributed by atoms with van der Waals surface area (Å²) < 4.78 is 34.0. The number of carbonyl (C=O) groups is 2. The Kier molecular flexibility index (Phi) is 3.00. The van der Waals surface area contributed by atoms with Crippen LogP contribution in [-0.2, 0) is 19.5 Å². The number of fused-ring (bicyclic) bond motifs is 2. The van der Waals surface area contributed by atoms with Crippen LogP contribution in [-0.4, -0.2) is 60.5 Å². The van der Waals surface area contributed by atoms with E-state index in [1.54, 1.807) is 0 Å². The smallest absolute Gasteiger partial charge is 0.357 e. The Morgan fingerprint density at radius 3 is 2.78 bits per heavy atom. The van der Waals surface area contributed by atoms with Crippen molar-refractivity contribution in [2.24, 2.45) is 0 Å². The molecule has 2 bridgehead atoms. The summed E-state index contributed by atoms with van der Waals surface area (Å²) in [7, 11) is -3.35. The fraction of sp³-hybridized carbons (Fsp3) is 0.500. The maximum Gasteiger partial charge on any atom is 0.418 e. The lowest BCUT2D eigenvalue weighted by Gasteiger charge is -2.24. The predicted molar refractivity (Wildman–Crippen MR) is 57.4 cm³/mol. The Bertz CT molecular complexity index is 515. The van der Waals surface area contributed by atoms with Gasteiger partial charge in [0.25, 0.3) is 0 Å². The maximum atomic E-state index is 11.8. The Labute approximate surface area is 103 Å². The average molecular weight is 277 g/mol. The molecule has 2 heterocycles. The summed E-state index contributed by atoms with van der Waals surface area (Å²) in [5, 5.41) is 2.91. The van der Waals surface area contributed by atoms with Crippen molar-refractivity contribution < 1.29 is 26.8 Å². The van der Waals surface area contributed by atoms with Crippen molar-refractivity contribution in [1.29, 1.82) is 0 Å². The number of rotatable bonds is 3. The lowest BCUT2D eigenvalue weighted by atomic mass is 10.1. The van der Waals surface area contributed by atoms with Crippen LogP contribution in [0.5, 0.6) is 0 Å². The van der Waals surface area contributed by atoms with Gasteiger partial charge in [0.1, 0.15) is 6.04 Å². The molecule has 2 atom stereocenters. The van der Waals surface area contributed by atoms with Crippen LogP contribution < -0.4 is 5.32 Å². The zero-order chi connectivity index (χ0) is 13.5. The standard InChI is InChI=1S/C8H11N3O6S/c1-9-7(12)6-3-2-5-4-10(6)8(13)11(5)17-18(14,15)16/h2-3,5-6H,4H2,1H3,(H,9,12)(H,14,15,16). The van der Waals surface area contributed by atoms with E-state index in [1.807, 2.05) is 0 Å². The molecule has 9 nitrogen and oxygen atoms in total. The molecule has 1 saturated heterocycles. The summed E-state index contributed by atoms with van der Waals surface area (Å²) in [6.07, 6.45) is 2.95. The molecule has 0 aromatic heterocycles. The van der Waals surface area contributed by atoms with Crippen LogP contribution in [0.3, 0.4) is 0 Å². The molecular formula is C8H11N3O6S. The average Bonchev–Trinajstić information content (AvgIpc) is 2.52. The number of nitrogens with zero attached hydrogens (tertiary/aromatic N) is 2. The molecule has 18 heavy (non-hydrogen) atoms. The SMILES string of the molecule is CNC(=O)C1C=CC2CN1C(=O)N2OS(=O)(=O)O. The van der Waals surface area contributed by atoms with Crippen LogP contribution in [0.4, 0.5) is 4.79 Å². The molecule has 3 amide bonds. The van der Waals surface area contributed by atoms with Crippen LogP contribution in [0.1, 0.15) is 0 Å². The number of amides is 3. The van der Waals surface area contributed by atoms with Crippen LogP contribution in [0, 0.1) is 0 Å². The number of hydroxylamine groups is 2. The summed E-state index contributed by atoms with van der Waals surface area (Å²) in [5.41, 5.74) is 0. The third kappa shape index (κ3) is 2.17. The van der Waals surface area contributed by atoms with Crippen molar-refractivity contribution in [3.05, 3.63) is 12.2 Å². The van der Waals surface area contributed by atoms with Gasteiger partial charge in [0, 0.05) is 7.05 Å². The highest BCUT2D eigenvalue weighted by atomic mass is 32.3. The summed E-state index contributed by atoms with van der Waals surface area (Å²) in [4.78, 5) is 24.5. The Morgan fingerprint density at radius 2 is 2.22 bits per heavy atom. The summed E-state index contributed by atoms with van der Waals surface area (Å²) in [6, 6.07) is -2.26. The number of hydrogen-bond donors (Lipinski definition) is 2. The highest BCUT2D eigenvalue weighted by Gasteiger charge is 2.46. The van der Waals surface area contributed by atoms with E-state index in [1.165, 1.54) is 19.2 Å². The van der Waals surface area contributed by atoms with Crippen molar-refractivity contribution in [3.8, 4) is 0 Å². The van der Waals surface area contributed by atoms with E-state index >= 15 is 0 Å². The molecule has 2 unspecified atom stereocenters. The first kappa shape index (κ1) is 12.8. The van der Waals surface area contributed by atoms with E-state index in [-0.39, 0.29) is 6.54 Å². The number of urea groups is 1. The minimum absolute atomic E-state index is 0.114. The quantitative estimate of drug-likeness (QED) is 0.479. The van der Waals surface area contributed by atoms with Crippen molar-refractivity contribution in [2.45, 2.75) is 12.1 Å². The second-order valence-electron chi connectivity index (χ2n) is 3.77. The second-order valence-corrected chi connectivity index (χ2v) is 4.78. The van der Waals surface area contributed by atoms with Gasteiger partial charge in [-0.2, -0.15) is 13.5 Å². The van der Waals surface area contributed by atoms with Crippen LogP contribution in [0.25, 0.3) is 0 Å². The van der Waals surface area contributed by atoms with E-state index in [9.17, 15) is 18.0 Å². The third-order valence-corrected chi connectivity index (χ3v) is 3.01. The fourth-order valence-corrected chi connectivity index (χ4v) is 2.27. The number of nitrogens with one attached hydrogen (secondary N) is 1. The zero-order valence-electron chi connectivity index (χ0n) is 9.31. The fourth-order valence-electron chi connectivity index (χ4n) is 1.90. The highest BCUT2D eigenvalue weighted by Crippen LogP contribution is 2.26. The number of carbonyl (C=O) groups excluding carboxylic acids is 2. The summed E-state index contributed by atoms with van der Waals surface area (Å²) in [5.74, 6) is -0.397. The lowest BCUT2D eigenvalue weighted by molar-refractivity contribution is -0.123. The van der Waals surface area contributed by atoms with Crippen LogP contribution in [0.2, 0.25) is 0 Å². The topological polar surface area (TPSA) is 116 Å². The first-order valence-corrected chi connectivity index (χ1v) is 6.37. The molecule has 1 fully saturated rings. The second kappa shape index (κ2) is 4.23. The molecule has 0 radical (unpaired) electrons. The van der Waals surface area contributed by atoms with Crippen LogP contribution in [0.15, 0.2) is 12.2 Å². The molecule has 2 rings (SSSR count). The molecule has 100 valence electrons. The van der Waals surface area contributed by atoms with E-state index < -0.39 is 34.4 Å². The Hall–Kier alpha value is -1.65. The summed E-state index contributed by atoms with van der Waals surface area (Å²) >= 11 is 0. The van der Waals surface area contributed by atoms with Gasteiger partial charge in [-0.25, -0.2) is 4.79 Å². The Morgan fingerprint density at radius 1 is 1.56 bits per heavy atom. The Balaban J connectivity index is 2.22. The van der Waals surface area contributed by atoms with Gasteiger partial charge in [-0.3, -0.25) is 9.35 Å². The molecule has 0 aromatic carbocycles.